The zero-order valence-electron chi connectivity index (χ0n) is 11.2. The molecule has 0 bridgehead atoms. The first-order valence-electron chi connectivity index (χ1n) is 6.93. The molecule has 1 saturated carbocycles. The Morgan fingerprint density at radius 3 is 2.67 bits per heavy atom. The fourth-order valence-electron chi connectivity index (χ4n) is 3.39. The highest BCUT2D eigenvalue weighted by molar-refractivity contribution is 5.87. The number of carbonyl (C=O) groups is 1. The van der Waals surface area contributed by atoms with Crippen molar-refractivity contribution in [1.82, 2.24) is 4.90 Å². The van der Waals surface area contributed by atoms with E-state index in [1.165, 1.54) is 19.3 Å². The standard InChI is InChI=1S/C14H23NO3/c1-3-12(11(2)13(16)17)15-9-10-18-14(15)7-5-4-6-8-14/h12H,2-10H2,1H3,(H,16,17). The van der Waals surface area contributed by atoms with Gasteiger partial charge >= 0.3 is 5.97 Å². The SMILES string of the molecule is C=C(C(=O)O)C(CC)N1CCOC12CCCCC2. The molecule has 1 N–H and O–H groups in total. The molecule has 2 fully saturated rings. The number of ether oxygens (including phenoxy) is 1. The lowest BCUT2D eigenvalue weighted by molar-refractivity contribution is -0.137. The van der Waals surface area contributed by atoms with Gasteiger partial charge in [-0.3, -0.25) is 4.90 Å². The fraction of sp³-hybridized carbons (Fsp3) is 0.786. The van der Waals surface area contributed by atoms with Crippen molar-refractivity contribution in [2.24, 2.45) is 0 Å². The summed E-state index contributed by atoms with van der Waals surface area (Å²) in [5.74, 6) is -0.889. The van der Waals surface area contributed by atoms with E-state index in [4.69, 9.17) is 9.84 Å². The first-order chi connectivity index (χ1) is 8.60. The van der Waals surface area contributed by atoms with Crippen molar-refractivity contribution in [1.29, 1.82) is 0 Å². The molecule has 0 radical (unpaired) electrons. The van der Waals surface area contributed by atoms with Crippen molar-refractivity contribution < 1.29 is 14.6 Å². The molecule has 1 heterocycles. The highest BCUT2D eigenvalue weighted by Gasteiger charge is 2.46. The van der Waals surface area contributed by atoms with Gasteiger partial charge in [0.15, 0.2) is 0 Å². The van der Waals surface area contributed by atoms with Crippen molar-refractivity contribution in [3.05, 3.63) is 12.2 Å². The van der Waals surface area contributed by atoms with Crippen LogP contribution in [0.3, 0.4) is 0 Å². The summed E-state index contributed by atoms with van der Waals surface area (Å²) in [6, 6.07) is -0.0944. The molecule has 2 rings (SSSR count). The second-order valence-corrected chi connectivity index (χ2v) is 5.30. The van der Waals surface area contributed by atoms with Crippen molar-refractivity contribution >= 4 is 5.97 Å². The molecular weight excluding hydrogens is 230 g/mol. The Morgan fingerprint density at radius 1 is 1.44 bits per heavy atom. The summed E-state index contributed by atoms with van der Waals surface area (Å²) in [4.78, 5) is 13.4. The molecule has 0 amide bonds. The lowest BCUT2D eigenvalue weighted by atomic mass is 9.88. The molecule has 1 atom stereocenters. The first-order valence-corrected chi connectivity index (χ1v) is 6.93. The van der Waals surface area contributed by atoms with E-state index in [-0.39, 0.29) is 11.8 Å². The normalized spacial score (nSPS) is 25.2. The van der Waals surface area contributed by atoms with Gasteiger partial charge in [0, 0.05) is 18.2 Å². The summed E-state index contributed by atoms with van der Waals surface area (Å²) in [6.07, 6.45) is 6.43. The van der Waals surface area contributed by atoms with E-state index >= 15 is 0 Å². The molecule has 1 unspecified atom stereocenters. The predicted octanol–water partition coefficient (Wildman–Crippen LogP) is 2.40. The molecule has 0 aromatic heterocycles. The number of nitrogens with zero attached hydrogens (tertiary/aromatic N) is 1. The van der Waals surface area contributed by atoms with Crippen molar-refractivity contribution in [3.8, 4) is 0 Å². The number of carboxylic acid groups (broad SMARTS) is 1. The van der Waals surface area contributed by atoms with E-state index in [1.807, 2.05) is 6.92 Å². The van der Waals surface area contributed by atoms with E-state index in [9.17, 15) is 4.79 Å². The van der Waals surface area contributed by atoms with E-state index in [1.54, 1.807) is 0 Å². The van der Waals surface area contributed by atoms with Gasteiger partial charge in [0.25, 0.3) is 0 Å². The Labute approximate surface area is 109 Å². The summed E-state index contributed by atoms with van der Waals surface area (Å²) >= 11 is 0. The van der Waals surface area contributed by atoms with Gasteiger partial charge in [0.05, 0.1) is 6.61 Å². The maximum absolute atomic E-state index is 11.2. The van der Waals surface area contributed by atoms with Gasteiger partial charge in [-0.25, -0.2) is 4.79 Å². The molecule has 1 aliphatic heterocycles. The van der Waals surface area contributed by atoms with Crippen molar-refractivity contribution in [3.63, 3.8) is 0 Å². The van der Waals surface area contributed by atoms with Crippen LogP contribution in [0.1, 0.15) is 45.4 Å². The van der Waals surface area contributed by atoms with Gasteiger partial charge in [0.1, 0.15) is 5.72 Å². The third-order valence-electron chi connectivity index (χ3n) is 4.30. The lowest BCUT2D eigenvalue weighted by Crippen LogP contribution is -2.52. The molecule has 18 heavy (non-hydrogen) atoms. The van der Waals surface area contributed by atoms with Gasteiger partial charge in [-0.15, -0.1) is 0 Å². The second-order valence-electron chi connectivity index (χ2n) is 5.30. The Morgan fingerprint density at radius 2 is 2.11 bits per heavy atom. The van der Waals surface area contributed by atoms with Crippen LogP contribution < -0.4 is 0 Å². The van der Waals surface area contributed by atoms with Crippen LogP contribution in [0.4, 0.5) is 0 Å². The Bertz CT molecular complexity index is 334. The van der Waals surface area contributed by atoms with Crippen molar-refractivity contribution in [2.45, 2.75) is 57.2 Å². The average Bonchev–Trinajstić information content (AvgIpc) is 2.74. The summed E-state index contributed by atoms with van der Waals surface area (Å²) in [5, 5.41) is 9.16. The Kier molecular flexibility index (Phi) is 4.07. The number of carboxylic acids is 1. The monoisotopic (exact) mass is 253 g/mol. The molecule has 1 saturated heterocycles. The van der Waals surface area contributed by atoms with Gasteiger partial charge in [0.2, 0.25) is 0 Å². The maximum atomic E-state index is 11.2. The number of hydrogen-bond acceptors (Lipinski definition) is 3. The first kappa shape index (κ1) is 13.6. The minimum absolute atomic E-state index is 0.0944. The smallest absolute Gasteiger partial charge is 0.332 e. The van der Waals surface area contributed by atoms with E-state index in [0.717, 1.165) is 25.8 Å². The highest BCUT2D eigenvalue weighted by Crippen LogP contribution is 2.40. The third-order valence-corrected chi connectivity index (χ3v) is 4.30. The molecule has 1 aliphatic carbocycles. The number of aliphatic carboxylic acids is 1. The van der Waals surface area contributed by atoms with Crippen LogP contribution in [-0.4, -0.2) is 40.9 Å². The van der Waals surface area contributed by atoms with Crippen LogP contribution >= 0.6 is 0 Å². The Hall–Kier alpha value is -0.870. The number of hydrogen-bond donors (Lipinski definition) is 1. The molecule has 4 heteroatoms. The molecule has 0 aromatic carbocycles. The molecule has 4 nitrogen and oxygen atoms in total. The zero-order chi connectivity index (χ0) is 13.2. The maximum Gasteiger partial charge on any atom is 0.332 e. The minimum Gasteiger partial charge on any atom is -0.478 e. The largest absolute Gasteiger partial charge is 0.478 e. The molecular formula is C14H23NO3. The summed E-state index contributed by atoms with van der Waals surface area (Å²) < 4.78 is 6.00. The van der Waals surface area contributed by atoms with Gasteiger partial charge in [-0.1, -0.05) is 19.9 Å². The van der Waals surface area contributed by atoms with E-state index in [0.29, 0.717) is 12.2 Å². The molecule has 1 spiro atoms. The van der Waals surface area contributed by atoms with Crippen molar-refractivity contribution in [2.75, 3.05) is 13.2 Å². The van der Waals surface area contributed by atoms with Crippen LogP contribution in [0.25, 0.3) is 0 Å². The van der Waals surface area contributed by atoms with Crippen LogP contribution in [0, 0.1) is 0 Å². The summed E-state index contributed by atoms with van der Waals surface area (Å²) in [6.45, 7) is 7.31. The van der Waals surface area contributed by atoms with Gasteiger partial charge in [-0.2, -0.15) is 0 Å². The summed E-state index contributed by atoms with van der Waals surface area (Å²) in [5.41, 5.74) is 0.0880. The fourth-order valence-corrected chi connectivity index (χ4v) is 3.39. The molecule has 102 valence electrons. The molecule has 2 aliphatic rings. The molecule has 0 aromatic rings. The predicted molar refractivity (Wildman–Crippen MR) is 69.3 cm³/mol. The van der Waals surface area contributed by atoms with E-state index < -0.39 is 5.97 Å². The third kappa shape index (κ3) is 2.31. The van der Waals surface area contributed by atoms with Gasteiger partial charge < -0.3 is 9.84 Å². The lowest BCUT2D eigenvalue weighted by Gasteiger charge is -2.43. The van der Waals surface area contributed by atoms with Crippen LogP contribution in [0.2, 0.25) is 0 Å². The van der Waals surface area contributed by atoms with Crippen LogP contribution in [0.15, 0.2) is 12.2 Å². The van der Waals surface area contributed by atoms with Crippen LogP contribution in [-0.2, 0) is 9.53 Å². The zero-order valence-corrected chi connectivity index (χ0v) is 11.2. The number of rotatable bonds is 4. The van der Waals surface area contributed by atoms with Gasteiger partial charge in [-0.05, 0) is 32.1 Å². The second kappa shape index (κ2) is 5.41. The average molecular weight is 253 g/mol. The summed E-state index contributed by atoms with van der Waals surface area (Å²) in [7, 11) is 0. The Balaban J connectivity index is 2.18. The quantitative estimate of drug-likeness (QED) is 0.782. The minimum atomic E-state index is -0.889. The topological polar surface area (TPSA) is 49.8 Å². The van der Waals surface area contributed by atoms with Crippen LogP contribution in [0.5, 0.6) is 0 Å². The van der Waals surface area contributed by atoms with E-state index in [2.05, 4.69) is 11.5 Å². The highest BCUT2D eigenvalue weighted by atomic mass is 16.5.